The number of aldehydes is 1. The Hall–Kier alpha value is -3.35. The summed E-state index contributed by atoms with van der Waals surface area (Å²) in [6.07, 6.45) is -3.55. The molecule has 1 fully saturated rings. The van der Waals surface area contributed by atoms with E-state index in [0.29, 0.717) is 35.3 Å². The first-order valence-corrected chi connectivity index (χ1v) is 12.1. The number of carbonyl (C=O) groups excluding carboxylic acids is 1. The van der Waals surface area contributed by atoms with Crippen molar-refractivity contribution in [2.45, 2.75) is 37.8 Å². The van der Waals surface area contributed by atoms with E-state index in [1.807, 2.05) is 6.07 Å². The molecule has 14 heteroatoms. The summed E-state index contributed by atoms with van der Waals surface area (Å²) in [5.74, 6) is 0. The van der Waals surface area contributed by atoms with Crippen LogP contribution in [0.4, 0.5) is 26.3 Å². The standard InChI is InChI=1S/C14H13ClF3N3.C11H6ClF3N2O/c15-12-7-11(4-1-9(12)8-19-10-2-3-10)21-6-5-13(20-21)14(16,17)18;12-9-5-8(2-1-7(9)6-18)17-4-3-10(16-17)11(13,14)15/h1,4-7,10,19H,2-3,8H2;1-6H. The molecule has 2 heterocycles. The Kier molecular flexibility index (Phi) is 8.38. The largest absolute Gasteiger partial charge is 0.435 e. The summed E-state index contributed by atoms with van der Waals surface area (Å²) in [7, 11) is 0. The number of benzene rings is 2. The predicted molar refractivity (Wildman–Crippen MR) is 132 cm³/mol. The fourth-order valence-electron chi connectivity index (χ4n) is 3.36. The molecule has 2 aromatic carbocycles. The number of aromatic nitrogens is 4. The zero-order chi connectivity index (χ0) is 28.4. The van der Waals surface area contributed by atoms with E-state index in [2.05, 4.69) is 15.5 Å². The van der Waals surface area contributed by atoms with Crippen LogP contribution in [0.2, 0.25) is 10.0 Å². The van der Waals surface area contributed by atoms with Gasteiger partial charge in [-0.15, -0.1) is 0 Å². The highest BCUT2D eigenvalue weighted by molar-refractivity contribution is 6.33. The van der Waals surface area contributed by atoms with Gasteiger partial charge in [-0.25, -0.2) is 9.36 Å². The van der Waals surface area contributed by atoms with E-state index in [0.717, 1.165) is 22.4 Å². The van der Waals surface area contributed by atoms with Gasteiger partial charge in [-0.3, -0.25) is 4.79 Å². The second-order valence-electron chi connectivity index (χ2n) is 8.54. The van der Waals surface area contributed by atoms with Crippen LogP contribution in [0.25, 0.3) is 11.4 Å². The molecule has 1 saturated carbocycles. The molecule has 206 valence electrons. The lowest BCUT2D eigenvalue weighted by Gasteiger charge is -2.08. The van der Waals surface area contributed by atoms with Crippen LogP contribution in [0.1, 0.15) is 40.2 Å². The number of nitrogens with one attached hydrogen (secondary N) is 1. The Balaban J connectivity index is 0.000000183. The van der Waals surface area contributed by atoms with Crippen LogP contribution in [0.3, 0.4) is 0 Å². The predicted octanol–water partition coefficient (Wildman–Crippen LogP) is 7.15. The summed E-state index contributed by atoms with van der Waals surface area (Å²) in [6.45, 7) is 0.663. The summed E-state index contributed by atoms with van der Waals surface area (Å²) in [6, 6.07) is 11.8. The minimum Gasteiger partial charge on any atom is -0.310 e. The number of rotatable bonds is 6. The molecule has 0 spiro atoms. The van der Waals surface area contributed by atoms with E-state index in [1.165, 1.54) is 48.1 Å². The minimum atomic E-state index is -4.49. The van der Waals surface area contributed by atoms with Crippen molar-refractivity contribution >= 4 is 29.5 Å². The third-order valence-electron chi connectivity index (χ3n) is 5.59. The van der Waals surface area contributed by atoms with Crippen molar-refractivity contribution in [3.8, 4) is 11.4 Å². The summed E-state index contributed by atoms with van der Waals surface area (Å²) in [5.41, 5.74) is 0.141. The first-order chi connectivity index (χ1) is 18.3. The van der Waals surface area contributed by atoms with E-state index in [1.54, 1.807) is 12.1 Å². The van der Waals surface area contributed by atoms with E-state index in [4.69, 9.17) is 23.2 Å². The van der Waals surface area contributed by atoms with E-state index in [-0.39, 0.29) is 10.6 Å². The maximum atomic E-state index is 12.5. The SMILES string of the molecule is FC(F)(F)c1ccn(-c2ccc(CNC3CC3)c(Cl)c2)n1.O=Cc1ccc(-n2ccc(C(F)(F)F)n2)cc1Cl. The fourth-order valence-corrected chi connectivity index (χ4v) is 3.82. The van der Waals surface area contributed by atoms with Crippen molar-refractivity contribution in [1.82, 2.24) is 24.9 Å². The monoisotopic (exact) mass is 589 g/mol. The van der Waals surface area contributed by atoms with Crippen molar-refractivity contribution in [2.24, 2.45) is 0 Å². The van der Waals surface area contributed by atoms with Crippen LogP contribution >= 0.6 is 23.2 Å². The van der Waals surface area contributed by atoms with Crippen LogP contribution in [-0.4, -0.2) is 31.9 Å². The summed E-state index contributed by atoms with van der Waals surface area (Å²) in [5, 5.41) is 10.9. The first-order valence-electron chi connectivity index (χ1n) is 11.4. The van der Waals surface area contributed by atoms with Crippen LogP contribution in [0.5, 0.6) is 0 Å². The van der Waals surface area contributed by atoms with Gasteiger partial charge < -0.3 is 5.32 Å². The highest BCUT2D eigenvalue weighted by atomic mass is 35.5. The van der Waals surface area contributed by atoms with Crippen LogP contribution < -0.4 is 5.32 Å². The quantitative estimate of drug-likeness (QED) is 0.191. The molecule has 0 unspecified atom stereocenters. The molecule has 6 nitrogen and oxygen atoms in total. The molecule has 1 aliphatic rings. The maximum Gasteiger partial charge on any atom is 0.435 e. The van der Waals surface area contributed by atoms with Crippen molar-refractivity contribution in [3.63, 3.8) is 0 Å². The number of hydrogen-bond acceptors (Lipinski definition) is 4. The van der Waals surface area contributed by atoms with E-state index in [9.17, 15) is 31.1 Å². The lowest BCUT2D eigenvalue weighted by Crippen LogP contribution is -2.15. The Labute approximate surface area is 228 Å². The number of carbonyl (C=O) groups is 1. The van der Waals surface area contributed by atoms with Gasteiger partial charge in [0.05, 0.1) is 16.4 Å². The summed E-state index contributed by atoms with van der Waals surface area (Å²) in [4.78, 5) is 10.6. The average Bonchev–Trinajstić information content (AvgIpc) is 3.32. The molecule has 0 saturated heterocycles. The number of halogens is 8. The molecule has 1 N–H and O–H groups in total. The Morgan fingerprint density at radius 1 is 0.821 bits per heavy atom. The van der Waals surface area contributed by atoms with Gasteiger partial charge in [-0.05, 0) is 60.9 Å². The molecule has 5 rings (SSSR count). The molecule has 4 aromatic rings. The molecule has 0 radical (unpaired) electrons. The topological polar surface area (TPSA) is 64.7 Å². The Morgan fingerprint density at radius 3 is 1.74 bits per heavy atom. The van der Waals surface area contributed by atoms with Gasteiger partial charge in [-0.2, -0.15) is 36.5 Å². The van der Waals surface area contributed by atoms with Crippen molar-refractivity contribution in [3.05, 3.63) is 93.5 Å². The molecule has 1 aliphatic carbocycles. The number of nitrogens with zero attached hydrogens (tertiary/aromatic N) is 4. The Morgan fingerprint density at radius 2 is 1.33 bits per heavy atom. The van der Waals surface area contributed by atoms with Crippen LogP contribution in [0, 0.1) is 0 Å². The zero-order valence-corrected chi connectivity index (χ0v) is 21.3. The molecule has 39 heavy (non-hydrogen) atoms. The summed E-state index contributed by atoms with van der Waals surface area (Å²) >= 11 is 12.0. The fraction of sp³-hybridized carbons (Fsp3) is 0.240. The summed E-state index contributed by atoms with van der Waals surface area (Å²) < 4.78 is 76.9. The molecule has 0 aliphatic heterocycles. The van der Waals surface area contributed by atoms with Gasteiger partial charge >= 0.3 is 12.4 Å². The maximum absolute atomic E-state index is 12.5. The number of alkyl halides is 6. The average molecular weight is 590 g/mol. The van der Waals surface area contributed by atoms with Crippen molar-refractivity contribution < 1.29 is 31.1 Å². The molecular formula is C25H19Cl2F6N5O. The normalized spacial score (nSPS) is 13.6. The lowest BCUT2D eigenvalue weighted by molar-refractivity contribution is -0.142. The van der Waals surface area contributed by atoms with E-state index >= 15 is 0 Å². The third-order valence-corrected chi connectivity index (χ3v) is 6.27. The van der Waals surface area contributed by atoms with E-state index < -0.39 is 23.7 Å². The van der Waals surface area contributed by atoms with Gasteiger partial charge in [0.25, 0.3) is 0 Å². The molecule has 2 aromatic heterocycles. The highest BCUT2D eigenvalue weighted by Gasteiger charge is 2.34. The van der Waals surface area contributed by atoms with Crippen LogP contribution in [-0.2, 0) is 18.9 Å². The first kappa shape index (κ1) is 28.7. The minimum absolute atomic E-state index is 0.159. The van der Waals surface area contributed by atoms with Crippen LogP contribution in [0.15, 0.2) is 60.9 Å². The number of hydrogen-bond donors (Lipinski definition) is 1. The second kappa shape index (κ2) is 11.4. The molecular weight excluding hydrogens is 571 g/mol. The Bertz CT molecular complexity index is 1460. The van der Waals surface area contributed by atoms with Gasteiger partial charge in [-0.1, -0.05) is 29.3 Å². The second-order valence-corrected chi connectivity index (χ2v) is 9.36. The molecule has 0 atom stereocenters. The van der Waals surface area contributed by atoms with Crippen molar-refractivity contribution in [2.75, 3.05) is 0 Å². The molecule has 0 amide bonds. The lowest BCUT2D eigenvalue weighted by atomic mass is 10.2. The zero-order valence-electron chi connectivity index (χ0n) is 19.8. The highest BCUT2D eigenvalue weighted by Crippen LogP contribution is 2.30. The smallest absolute Gasteiger partial charge is 0.310 e. The van der Waals surface area contributed by atoms with Gasteiger partial charge in [0.15, 0.2) is 17.7 Å². The molecule has 0 bridgehead atoms. The van der Waals surface area contributed by atoms with Gasteiger partial charge in [0.1, 0.15) is 0 Å². The van der Waals surface area contributed by atoms with Crippen molar-refractivity contribution in [1.29, 1.82) is 0 Å². The van der Waals surface area contributed by atoms with Gasteiger partial charge in [0, 0.05) is 35.6 Å². The van der Waals surface area contributed by atoms with Gasteiger partial charge in [0.2, 0.25) is 0 Å². The third kappa shape index (κ3) is 7.40.